The summed E-state index contributed by atoms with van der Waals surface area (Å²) in [4.78, 5) is 11.9. The number of rotatable bonds is 5. The fourth-order valence-corrected chi connectivity index (χ4v) is 2.55. The standard InChI is InChI=1S/C13H19NO4S/c1-9(2)12(13(15)18-3)14-10-7-5-6-8-11(10)19(4,16)17/h5-9,12,14H,1-4H3. The normalized spacial score (nSPS) is 13.1. The number of ether oxygens (including phenoxy) is 1. The molecular formula is C13H19NO4S. The Bertz CT molecular complexity index is 552. The van der Waals surface area contributed by atoms with Gasteiger partial charge < -0.3 is 10.1 Å². The zero-order valence-corrected chi connectivity index (χ0v) is 12.3. The van der Waals surface area contributed by atoms with E-state index in [4.69, 9.17) is 4.74 Å². The van der Waals surface area contributed by atoms with Crippen LogP contribution in [0.5, 0.6) is 0 Å². The first kappa shape index (κ1) is 15.5. The third-order valence-corrected chi connectivity index (χ3v) is 3.87. The maximum Gasteiger partial charge on any atom is 0.328 e. The van der Waals surface area contributed by atoms with Crippen LogP contribution in [0.4, 0.5) is 5.69 Å². The Morgan fingerprint density at radius 1 is 1.26 bits per heavy atom. The maximum absolute atomic E-state index is 11.7. The number of nitrogens with one attached hydrogen (secondary N) is 1. The summed E-state index contributed by atoms with van der Waals surface area (Å²) in [6, 6.07) is 5.91. The molecule has 0 aromatic heterocycles. The minimum absolute atomic E-state index is 0.0277. The first-order valence-electron chi connectivity index (χ1n) is 5.90. The highest BCUT2D eigenvalue weighted by Gasteiger charge is 2.24. The molecule has 0 saturated heterocycles. The molecule has 0 spiro atoms. The Hall–Kier alpha value is -1.56. The molecule has 1 aromatic carbocycles. The predicted molar refractivity (Wildman–Crippen MR) is 73.8 cm³/mol. The van der Waals surface area contributed by atoms with E-state index in [2.05, 4.69) is 5.32 Å². The molecule has 0 bridgehead atoms. The molecule has 1 rings (SSSR count). The van der Waals surface area contributed by atoms with Gasteiger partial charge in [0.05, 0.1) is 17.7 Å². The SMILES string of the molecule is COC(=O)C(Nc1ccccc1S(C)(=O)=O)C(C)C. The maximum atomic E-state index is 11.7. The van der Waals surface area contributed by atoms with Crippen molar-refractivity contribution >= 4 is 21.5 Å². The van der Waals surface area contributed by atoms with Crippen molar-refractivity contribution in [2.75, 3.05) is 18.7 Å². The molecule has 1 unspecified atom stereocenters. The number of carbonyl (C=O) groups is 1. The fourth-order valence-electron chi connectivity index (χ4n) is 1.70. The summed E-state index contributed by atoms with van der Waals surface area (Å²) in [5.41, 5.74) is 0.411. The van der Waals surface area contributed by atoms with E-state index in [-0.39, 0.29) is 10.8 Å². The second-order valence-corrected chi connectivity index (χ2v) is 6.64. The van der Waals surface area contributed by atoms with Crippen LogP contribution in [0, 0.1) is 5.92 Å². The van der Waals surface area contributed by atoms with E-state index in [1.165, 1.54) is 13.2 Å². The number of hydrogen-bond donors (Lipinski definition) is 1. The number of carbonyl (C=O) groups excluding carboxylic acids is 1. The Kier molecular flexibility index (Phi) is 4.94. The molecule has 0 radical (unpaired) electrons. The zero-order chi connectivity index (χ0) is 14.6. The van der Waals surface area contributed by atoms with Crippen molar-refractivity contribution in [1.82, 2.24) is 0 Å². The molecule has 0 heterocycles. The first-order chi connectivity index (χ1) is 8.77. The third kappa shape index (κ3) is 3.96. The lowest BCUT2D eigenvalue weighted by Gasteiger charge is -2.22. The van der Waals surface area contributed by atoms with Crippen LogP contribution in [0.3, 0.4) is 0 Å². The summed E-state index contributed by atoms with van der Waals surface area (Å²) in [6.07, 6.45) is 1.13. The van der Waals surface area contributed by atoms with Gasteiger partial charge in [-0.1, -0.05) is 26.0 Å². The number of esters is 1. The number of methoxy groups -OCH3 is 1. The van der Waals surface area contributed by atoms with Gasteiger partial charge in [-0.2, -0.15) is 0 Å². The second kappa shape index (κ2) is 6.06. The van der Waals surface area contributed by atoms with Gasteiger partial charge in [0.2, 0.25) is 0 Å². The summed E-state index contributed by atoms with van der Waals surface area (Å²) in [5, 5.41) is 2.95. The number of sulfone groups is 1. The topological polar surface area (TPSA) is 72.5 Å². The van der Waals surface area contributed by atoms with Crippen LogP contribution in [0.25, 0.3) is 0 Å². The second-order valence-electron chi connectivity index (χ2n) is 4.66. The lowest BCUT2D eigenvalue weighted by molar-refractivity contribution is -0.142. The van der Waals surface area contributed by atoms with E-state index in [1.807, 2.05) is 13.8 Å². The van der Waals surface area contributed by atoms with Crippen molar-refractivity contribution in [1.29, 1.82) is 0 Å². The highest BCUT2D eigenvalue weighted by Crippen LogP contribution is 2.23. The minimum Gasteiger partial charge on any atom is -0.467 e. The van der Waals surface area contributed by atoms with E-state index in [1.54, 1.807) is 18.2 Å². The van der Waals surface area contributed by atoms with Crippen LogP contribution >= 0.6 is 0 Å². The predicted octanol–water partition coefficient (Wildman–Crippen LogP) is 1.70. The largest absolute Gasteiger partial charge is 0.467 e. The van der Waals surface area contributed by atoms with E-state index in [9.17, 15) is 13.2 Å². The molecule has 106 valence electrons. The molecule has 6 heteroatoms. The highest BCUT2D eigenvalue weighted by molar-refractivity contribution is 7.90. The van der Waals surface area contributed by atoms with Crippen LogP contribution in [0.15, 0.2) is 29.2 Å². The van der Waals surface area contributed by atoms with Crippen molar-refractivity contribution in [3.05, 3.63) is 24.3 Å². The van der Waals surface area contributed by atoms with E-state index in [0.717, 1.165) is 6.26 Å². The van der Waals surface area contributed by atoms with E-state index in [0.29, 0.717) is 5.69 Å². The van der Waals surface area contributed by atoms with Crippen molar-refractivity contribution in [3.8, 4) is 0 Å². The summed E-state index contributed by atoms with van der Waals surface area (Å²) in [7, 11) is -2.04. The van der Waals surface area contributed by atoms with E-state index < -0.39 is 21.8 Å². The van der Waals surface area contributed by atoms with Gasteiger partial charge in [-0.15, -0.1) is 0 Å². The zero-order valence-electron chi connectivity index (χ0n) is 11.5. The smallest absolute Gasteiger partial charge is 0.328 e. The molecule has 0 fully saturated rings. The van der Waals surface area contributed by atoms with Crippen molar-refractivity contribution in [2.24, 2.45) is 5.92 Å². The van der Waals surface area contributed by atoms with Crippen LogP contribution in [-0.2, 0) is 19.4 Å². The molecule has 0 aliphatic heterocycles. The quantitative estimate of drug-likeness (QED) is 0.834. The van der Waals surface area contributed by atoms with Gasteiger partial charge in [-0.3, -0.25) is 0 Å². The first-order valence-corrected chi connectivity index (χ1v) is 7.80. The monoisotopic (exact) mass is 285 g/mol. The van der Waals surface area contributed by atoms with Gasteiger partial charge in [0.25, 0.3) is 0 Å². The summed E-state index contributed by atoms with van der Waals surface area (Å²) >= 11 is 0. The molecule has 0 saturated carbocycles. The summed E-state index contributed by atoms with van der Waals surface area (Å²) < 4.78 is 28.1. The van der Waals surface area contributed by atoms with Crippen LogP contribution in [0.2, 0.25) is 0 Å². The average Bonchev–Trinajstić information content (AvgIpc) is 2.34. The third-order valence-electron chi connectivity index (χ3n) is 2.72. The van der Waals surface area contributed by atoms with Gasteiger partial charge in [0.15, 0.2) is 9.84 Å². The molecule has 0 amide bonds. The van der Waals surface area contributed by atoms with Crippen LogP contribution < -0.4 is 5.32 Å². The highest BCUT2D eigenvalue weighted by atomic mass is 32.2. The van der Waals surface area contributed by atoms with Gasteiger partial charge in [0.1, 0.15) is 6.04 Å². The number of anilines is 1. The Morgan fingerprint density at radius 2 is 1.84 bits per heavy atom. The Labute approximate surface area is 113 Å². The number of benzene rings is 1. The molecule has 19 heavy (non-hydrogen) atoms. The molecule has 5 nitrogen and oxygen atoms in total. The van der Waals surface area contributed by atoms with Crippen molar-refractivity contribution in [2.45, 2.75) is 24.8 Å². The van der Waals surface area contributed by atoms with Gasteiger partial charge in [0, 0.05) is 6.26 Å². The lowest BCUT2D eigenvalue weighted by atomic mass is 10.0. The number of hydrogen-bond acceptors (Lipinski definition) is 5. The lowest BCUT2D eigenvalue weighted by Crippen LogP contribution is -2.35. The molecule has 0 aliphatic rings. The Balaban J connectivity index is 3.14. The molecular weight excluding hydrogens is 266 g/mol. The van der Waals surface area contributed by atoms with Gasteiger partial charge in [-0.25, -0.2) is 13.2 Å². The average molecular weight is 285 g/mol. The molecule has 1 atom stereocenters. The fraction of sp³-hybridized carbons (Fsp3) is 0.462. The van der Waals surface area contributed by atoms with Gasteiger partial charge >= 0.3 is 5.97 Å². The van der Waals surface area contributed by atoms with Crippen LogP contribution in [-0.4, -0.2) is 33.8 Å². The molecule has 0 aliphatic carbocycles. The molecule has 1 aromatic rings. The number of para-hydroxylation sites is 1. The summed E-state index contributed by atoms with van der Waals surface area (Å²) in [6.45, 7) is 3.72. The van der Waals surface area contributed by atoms with Crippen molar-refractivity contribution < 1.29 is 17.9 Å². The minimum atomic E-state index is -3.35. The molecule has 1 N–H and O–H groups in total. The van der Waals surface area contributed by atoms with Gasteiger partial charge in [-0.05, 0) is 18.1 Å². The Morgan fingerprint density at radius 3 is 2.32 bits per heavy atom. The van der Waals surface area contributed by atoms with Crippen LogP contribution in [0.1, 0.15) is 13.8 Å². The van der Waals surface area contributed by atoms with E-state index >= 15 is 0 Å². The van der Waals surface area contributed by atoms with Crippen molar-refractivity contribution in [3.63, 3.8) is 0 Å². The summed E-state index contributed by atoms with van der Waals surface area (Å²) in [5.74, 6) is -0.446.